The number of hydrogen-bond acceptors (Lipinski definition) is 6. The van der Waals surface area contributed by atoms with Crippen molar-refractivity contribution < 1.29 is 19.5 Å². The van der Waals surface area contributed by atoms with Crippen molar-refractivity contribution in [3.63, 3.8) is 0 Å². The van der Waals surface area contributed by atoms with E-state index < -0.39 is 14.1 Å². The highest BCUT2D eigenvalue weighted by atomic mass is 35.5. The van der Waals surface area contributed by atoms with E-state index in [0.717, 1.165) is 23.2 Å². The Bertz CT molecular complexity index is 1240. The number of aromatic amines is 1. The SMILES string of the molecule is CC(C)(C)[Si-](C)(C)OCCCNc1cc(Cl)c(F)c2c1c(-c1cn[nH]c1)cn2C1=CN(CCO)[NH2+]N1. The maximum atomic E-state index is 15.5. The van der Waals surface area contributed by atoms with Gasteiger partial charge in [-0.05, 0) is 20.8 Å². The average molecular weight is 537 g/mol. The van der Waals surface area contributed by atoms with E-state index in [4.69, 9.17) is 16.0 Å². The van der Waals surface area contributed by atoms with Gasteiger partial charge in [0.25, 0.3) is 0 Å². The Morgan fingerprint density at radius 1 is 1.33 bits per heavy atom. The lowest BCUT2D eigenvalue weighted by Crippen LogP contribution is -2.97. The number of anilines is 1. The van der Waals surface area contributed by atoms with Gasteiger partial charge in [0.05, 0.1) is 29.9 Å². The number of nitrogens with one attached hydrogen (secondary N) is 3. The van der Waals surface area contributed by atoms with Crippen LogP contribution in [0.25, 0.3) is 27.9 Å². The van der Waals surface area contributed by atoms with Gasteiger partial charge in [-0.3, -0.25) is 9.67 Å². The van der Waals surface area contributed by atoms with E-state index in [1.807, 2.05) is 17.4 Å². The number of nitrogens with two attached hydrogens (primary N) is 1. The number of hydrogen-bond donors (Lipinski definition) is 5. The molecule has 0 amide bonds. The zero-order valence-corrected chi connectivity index (χ0v) is 23.2. The minimum absolute atomic E-state index is 0.00204. The Hall–Kier alpha value is -2.57. The number of halogens is 2. The standard InChI is InChI=1S/C24H35ClFN7O2Si/c1-24(2,3)36(4,5)35-10-6-7-27-19-11-18(25)22(26)23-21(19)17(16-12-28-29-13-16)14-33(23)20-15-32(8-9-34)31-30-20/h11-15,27,30-31,34H,6-10H2,1-5H3,(H,28,29)/q-1/p+1. The van der Waals surface area contributed by atoms with Gasteiger partial charge in [0, 0.05) is 47.7 Å². The van der Waals surface area contributed by atoms with Crippen LogP contribution in [0.15, 0.2) is 30.9 Å². The third kappa shape index (κ3) is 5.25. The molecule has 3 heterocycles. The van der Waals surface area contributed by atoms with E-state index in [9.17, 15) is 5.11 Å². The van der Waals surface area contributed by atoms with Crippen molar-refractivity contribution in [2.75, 3.05) is 31.6 Å². The molecule has 1 aromatic carbocycles. The molecule has 3 aromatic rings. The summed E-state index contributed by atoms with van der Waals surface area (Å²) in [5.74, 6) is 0.148. The fourth-order valence-electron chi connectivity index (χ4n) is 3.91. The highest BCUT2D eigenvalue weighted by molar-refractivity contribution is 6.74. The lowest BCUT2D eigenvalue weighted by molar-refractivity contribution is -0.820. The Morgan fingerprint density at radius 3 is 2.78 bits per heavy atom. The van der Waals surface area contributed by atoms with Crippen molar-refractivity contribution in [3.8, 4) is 11.1 Å². The van der Waals surface area contributed by atoms with Crippen molar-refractivity contribution in [3.05, 3.63) is 41.7 Å². The van der Waals surface area contributed by atoms with Crippen LogP contribution in [-0.4, -0.2) is 59.5 Å². The van der Waals surface area contributed by atoms with Gasteiger partial charge in [-0.1, -0.05) is 32.4 Å². The molecule has 1 aliphatic rings. The monoisotopic (exact) mass is 536 g/mol. The smallest absolute Gasteiger partial charge is 0.183 e. The number of benzene rings is 1. The number of rotatable bonds is 10. The van der Waals surface area contributed by atoms with E-state index in [0.29, 0.717) is 36.4 Å². The van der Waals surface area contributed by atoms with Crippen LogP contribution < -0.4 is 16.3 Å². The Balaban J connectivity index is 1.66. The number of fused-ring (bicyclic) bond motifs is 1. The number of quaternary nitrogens is 1. The first-order valence-corrected chi connectivity index (χ1v) is 15.4. The van der Waals surface area contributed by atoms with E-state index >= 15 is 4.39 Å². The largest absolute Gasteiger partial charge is 0.564 e. The Kier molecular flexibility index (Phi) is 7.67. The number of β-amino-alcohol motifs (C(OH)–C–C–N with tert-alkyl or cyclic N) is 1. The van der Waals surface area contributed by atoms with Crippen molar-refractivity contribution in [1.82, 2.24) is 25.2 Å². The Morgan fingerprint density at radius 2 is 2.11 bits per heavy atom. The van der Waals surface area contributed by atoms with Gasteiger partial charge in [-0.2, -0.15) is 10.5 Å². The minimum atomic E-state index is -1.81. The molecule has 4 rings (SSSR count). The Labute approximate surface area is 216 Å². The normalized spacial score (nSPS) is 14.4. The summed E-state index contributed by atoms with van der Waals surface area (Å²) in [4.78, 5) is 0. The van der Waals surface area contributed by atoms with Crippen molar-refractivity contribution in [2.24, 2.45) is 0 Å². The first-order valence-electron chi connectivity index (χ1n) is 12.1. The molecule has 0 aliphatic carbocycles. The fourth-order valence-corrected chi connectivity index (χ4v) is 5.20. The molecule has 12 heteroatoms. The van der Waals surface area contributed by atoms with E-state index in [1.165, 1.54) is 0 Å². The molecule has 0 bridgehead atoms. The number of aliphatic hydroxyl groups excluding tert-OH is 1. The molecular formula is C24H36ClFN7O2Si. The highest BCUT2D eigenvalue weighted by Gasteiger charge is 2.26. The molecule has 2 aromatic heterocycles. The first-order chi connectivity index (χ1) is 17.0. The van der Waals surface area contributed by atoms with Crippen LogP contribution >= 0.6 is 11.6 Å². The topological polar surface area (TPSA) is 107 Å². The molecule has 6 N–H and O–H groups in total. The van der Waals surface area contributed by atoms with Gasteiger partial charge in [0.2, 0.25) is 0 Å². The molecule has 0 saturated carbocycles. The molecule has 0 spiro atoms. The number of nitrogens with zero attached hydrogens (tertiary/aromatic N) is 3. The summed E-state index contributed by atoms with van der Waals surface area (Å²) in [6, 6.07) is 1.64. The maximum absolute atomic E-state index is 15.5. The van der Waals surface area contributed by atoms with Crippen molar-refractivity contribution in [2.45, 2.75) is 45.3 Å². The molecule has 1 aliphatic heterocycles. The predicted octanol–water partition coefficient (Wildman–Crippen LogP) is 3.69. The zero-order valence-electron chi connectivity index (χ0n) is 21.5. The van der Waals surface area contributed by atoms with Crippen LogP contribution in [0.1, 0.15) is 27.2 Å². The summed E-state index contributed by atoms with van der Waals surface area (Å²) in [6.45, 7) is 12.9. The number of aromatic nitrogens is 3. The molecule has 0 unspecified atom stereocenters. The third-order valence-corrected chi connectivity index (χ3v) is 11.8. The summed E-state index contributed by atoms with van der Waals surface area (Å²) in [5, 5.41) is 22.4. The second kappa shape index (κ2) is 10.4. The minimum Gasteiger partial charge on any atom is -0.564 e. The molecule has 197 valence electrons. The van der Waals surface area contributed by atoms with Gasteiger partial charge in [-0.25, -0.2) is 9.40 Å². The number of aliphatic hydroxyl groups is 1. The van der Waals surface area contributed by atoms with Gasteiger partial charge in [-0.15, -0.1) is 23.7 Å². The van der Waals surface area contributed by atoms with Gasteiger partial charge in [0.1, 0.15) is 6.20 Å². The summed E-state index contributed by atoms with van der Waals surface area (Å²) in [6.07, 6.45) is 7.99. The van der Waals surface area contributed by atoms with Gasteiger partial charge >= 0.3 is 0 Å². The maximum Gasteiger partial charge on any atom is 0.183 e. The molecule has 36 heavy (non-hydrogen) atoms. The second-order valence-corrected chi connectivity index (χ2v) is 15.7. The summed E-state index contributed by atoms with van der Waals surface area (Å²) >= 11 is 6.38. The van der Waals surface area contributed by atoms with E-state index in [2.05, 4.69) is 54.8 Å². The van der Waals surface area contributed by atoms with Crippen LogP contribution in [-0.2, 0) is 4.43 Å². The average Bonchev–Trinajstić information content (AvgIpc) is 3.55. The zero-order chi connectivity index (χ0) is 26.1. The highest BCUT2D eigenvalue weighted by Crippen LogP contribution is 2.41. The summed E-state index contributed by atoms with van der Waals surface area (Å²) in [7, 11) is -1.81. The van der Waals surface area contributed by atoms with Crippen molar-refractivity contribution >= 4 is 42.3 Å². The fraction of sp³-hybridized carbons (Fsp3) is 0.458. The van der Waals surface area contributed by atoms with Crippen LogP contribution in [0.4, 0.5) is 10.1 Å². The quantitative estimate of drug-likeness (QED) is 0.154. The second-order valence-electron chi connectivity index (χ2n) is 10.5. The van der Waals surface area contributed by atoms with Crippen LogP contribution in [0, 0.1) is 5.82 Å². The van der Waals surface area contributed by atoms with Crippen LogP contribution in [0.5, 0.6) is 0 Å². The van der Waals surface area contributed by atoms with Gasteiger partial charge < -0.3 is 14.8 Å². The molecule has 0 atom stereocenters. The lowest BCUT2D eigenvalue weighted by Gasteiger charge is -2.48. The molecule has 0 radical (unpaired) electrons. The van der Waals surface area contributed by atoms with Crippen molar-refractivity contribution in [1.29, 1.82) is 0 Å². The number of H-pyrrole nitrogens is 1. The molecular weight excluding hydrogens is 501 g/mol. The molecule has 0 saturated heterocycles. The predicted molar refractivity (Wildman–Crippen MR) is 144 cm³/mol. The first kappa shape index (κ1) is 26.5. The van der Waals surface area contributed by atoms with Crippen LogP contribution in [0.2, 0.25) is 23.2 Å². The molecule has 0 fully saturated rings. The lowest BCUT2D eigenvalue weighted by atomic mass is 10.1. The van der Waals surface area contributed by atoms with E-state index in [1.54, 1.807) is 28.6 Å². The molecule has 9 nitrogen and oxygen atoms in total. The summed E-state index contributed by atoms with van der Waals surface area (Å²) in [5.41, 5.74) is 7.65. The summed E-state index contributed by atoms with van der Waals surface area (Å²) < 4.78 is 23.6. The van der Waals surface area contributed by atoms with Crippen LogP contribution in [0.3, 0.4) is 0 Å². The third-order valence-electron chi connectivity index (χ3n) is 6.96. The van der Waals surface area contributed by atoms with Gasteiger partial charge in [0.15, 0.2) is 11.6 Å². The van der Waals surface area contributed by atoms with E-state index in [-0.39, 0.29) is 16.7 Å².